The maximum atomic E-state index is 6.14. The van der Waals surface area contributed by atoms with Crippen LogP contribution in [-0.2, 0) is 13.1 Å². The van der Waals surface area contributed by atoms with E-state index < -0.39 is 0 Å². The Balaban J connectivity index is 1.37. The summed E-state index contributed by atoms with van der Waals surface area (Å²) in [7, 11) is 0. The molecule has 1 fully saturated rings. The van der Waals surface area contributed by atoms with E-state index in [-0.39, 0.29) is 0 Å². The SMILES string of the molecule is Cc1nc2ccccc2n1CC1CCN(Cc2ccc(Cl)c(Cl)c2)CC1. The van der Waals surface area contributed by atoms with Crippen molar-refractivity contribution in [2.24, 2.45) is 5.92 Å². The molecule has 1 saturated heterocycles. The first-order chi connectivity index (χ1) is 12.6. The Kier molecular flexibility index (Phi) is 5.21. The summed E-state index contributed by atoms with van der Waals surface area (Å²) in [5.74, 6) is 1.82. The monoisotopic (exact) mass is 387 g/mol. The van der Waals surface area contributed by atoms with E-state index in [1.807, 2.05) is 12.1 Å². The zero-order valence-electron chi connectivity index (χ0n) is 15.0. The number of nitrogens with zero attached hydrogens (tertiary/aromatic N) is 3. The molecule has 4 rings (SSSR count). The number of fused-ring (bicyclic) bond motifs is 1. The molecule has 1 aromatic heterocycles. The molecule has 0 atom stereocenters. The van der Waals surface area contributed by atoms with Crippen molar-refractivity contribution in [1.29, 1.82) is 0 Å². The van der Waals surface area contributed by atoms with Crippen molar-refractivity contribution in [1.82, 2.24) is 14.5 Å². The Morgan fingerprint density at radius 3 is 2.58 bits per heavy atom. The number of likely N-dealkylation sites (tertiary alicyclic amines) is 1. The van der Waals surface area contributed by atoms with Gasteiger partial charge in [-0.25, -0.2) is 4.98 Å². The maximum absolute atomic E-state index is 6.14. The zero-order chi connectivity index (χ0) is 18.1. The van der Waals surface area contributed by atoms with E-state index in [2.05, 4.69) is 46.7 Å². The van der Waals surface area contributed by atoms with E-state index in [1.54, 1.807) is 0 Å². The largest absolute Gasteiger partial charge is 0.328 e. The smallest absolute Gasteiger partial charge is 0.106 e. The van der Waals surface area contributed by atoms with Crippen molar-refractivity contribution >= 4 is 34.2 Å². The number of para-hydroxylation sites is 2. The van der Waals surface area contributed by atoms with Crippen LogP contribution in [0.3, 0.4) is 0 Å². The van der Waals surface area contributed by atoms with E-state index >= 15 is 0 Å². The molecule has 136 valence electrons. The molecule has 0 N–H and O–H groups in total. The van der Waals surface area contributed by atoms with Gasteiger partial charge in [-0.15, -0.1) is 0 Å². The predicted octanol–water partition coefficient (Wildman–Crippen LogP) is 5.56. The fraction of sp³-hybridized carbons (Fsp3) is 0.381. The van der Waals surface area contributed by atoms with Crippen LogP contribution in [0.5, 0.6) is 0 Å². The van der Waals surface area contributed by atoms with Crippen LogP contribution in [0.2, 0.25) is 10.0 Å². The Labute approximate surface area is 164 Å². The molecule has 0 aliphatic carbocycles. The van der Waals surface area contributed by atoms with Crippen LogP contribution in [0.1, 0.15) is 24.2 Å². The van der Waals surface area contributed by atoms with Crippen LogP contribution >= 0.6 is 23.2 Å². The molecule has 0 amide bonds. The number of rotatable bonds is 4. The Morgan fingerprint density at radius 1 is 1.04 bits per heavy atom. The lowest BCUT2D eigenvalue weighted by Gasteiger charge is -2.32. The molecule has 1 aliphatic heterocycles. The minimum Gasteiger partial charge on any atom is -0.328 e. The van der Waals surface area contributed by atoms with E-state index in [0.717, 1.165) is 37.5 Å². The highest BCUT2D eigenvalue weighted by atomic mass is 35.5. The van der Waals surface area contributed by atoms with Crippen molar-refractivity contribution in [3.63, 3.8) is 0 Å². The summed E-state index contributed by atoms with van der Waals surface area (Å²) in [5, 5.41) is 1.26. The predicted molar refractivity (Wildman–Crippen MR) is 109 cm³/mol. The van der Waals surface area contributed by atoms with Crippen molar-refractivity contribution in [2.75, 3.05) is 13.1 Å². The van der Waals surface area contributed by atoms with Gasteiger partial charge in [0.05, 0.1) is 21.1 Å². The number of aryl methyl sites for hydroxylation is 1. The second kappa shape index (κ2) is 7.59. The highest BCUT2D eigenvalue weighted by Gasteiger charge is 2.21. The third-order valence-electron chi connectivity index (χ3n) is 5.38. The highest BCUT2D eigenvalue weighted by Crippen LogP contribution is 2.26. The van der Waals surface area contributed by atoms with Crippen LogP contribution in [0, 0.1) is 12.8 Å². The number of piperidine rings is 1. The molecular weight excluding hydrogens is 365 g/mol. The first-order valence-corrected chi connectivity index (χ1v) is 9.94. The molecule has 1 aliphatic rings. The Bertz CT molecular complexity index is 911. The Morgan fingerprint density at radius 2 is 1.81 bits per heavy atom. The number of hydrogen-bond donors (Lipinski definition) is 0. The minimum absolute atomic E-state index is 0.622. The molecule has 0 unspecified atom stereocenters. The lowest BCUT2D eigenvalue weighted by atomic mass is 9.96. The second-order valence-electron chi connectivity index (χ2n) is 7.23. The van der Waals surface area contributed by atoms with Gasteiger partial charge in [-0.05, 0) is 68.6 Å². The lowest BCUT2D eigenvalue weighted by Crippen LogP contribution is -2.34. The molecule has 2 aromatic carbocycles. The number of halogens is 2. The Hall–Kier alpha value is -1.55. The maximum Gasteiger partial charge on any atom is 0.106 e. The third-order valence-corrected chi connectivity index (χ3v) is 6.12. The number of hydrogen-bond acceptors (Lipinski definition) is 2. The van der Waals surface area contributed by atoms with Gasteiger partial charge in [-0.3, -0.25) is 4.90 Å². The van der Waals surface area contributed by atoms with Gasteiger partial charge in [0.25, 0.3) is 0 Å². The van der Waals surface area contributed by atoms with Crippen LogP contribution in [-0.4, -0.2) is 27.5 Å². The van der Waals surface area contributed by atoms with Gasteiger partial charge in [0.1, 0.15) is 5.82 Å². The van der Waals surface area contributed by atoms with Crippen LogP contribution in [0.25, 0.3) is 11.0 Å². The molecule has 3 nitrogen and oxygen atoms in total. The normalized spacial score (nSPS) is 16.4. The standard InChI is InChI=1S/C21H23Cl2N3/c1-15-24-20-4-2-3-5-21(20)26(15)14-16-8-10-25(11-9-16)13-17-6-7-18(22)19(23)12-17/h2-7,12,16H,8-11,13-14H2,1H3. The van der Waals surface area contributed by atoms with E-state index in [1.165, 1.54) is 23.9 Å². The van der Waals surface area contributed by atoms with Gasteiger partial charge in [0, 0.05) is 13.1 Å². The fourth-order valence-electron chi connectivity index (χ4n) is 3.91. The molecule has 3 aromatic rings. The van der Waals surface area contributed by atoms with Crippen molar-refractivity contribution < 1.29 is 0 Å². The molecule has 0 bridgehead atoms. The van der Waals surface area contributed by atoms with Crippen molar-refractivity contribution in [3.8, 4) is 0 Å². The average Bonchev–Trinajstić information content (AvgIpc) is 2.95. The minimum atomic E-state index is 0.622. The topological polar surface area (TPSA) is 21.1 Å². The van der Waals surface area contributed by atoms with Gasteiger partial charge in [0.2, 0.25) is 0 Å². The van der Waals surface area contributed by atoms with Crippen molar-refractivity contribution in [3.05, 3.63) is 63.9 Å². The summed E-state index contributed by atoms with van der Waals surface area (Å²) in [5.41, 5.74) is 3.58. The lowest BCUT2D eigenvalue weighted by molar-refractivity contribution is 0.167. The summed E-state index contributed by atoms with van der Waals surface area (Å²) in [6, 6.07) is 14.4. The van der Waals surface area contributed by atoms with E-state index in [4.69, 9.17) is 28.2 Å². The van der Waals surface area contributed by atoms with Crippen LogP contribution in [0.4, 0.5) is 0 Å². The highest BCUT2D eigenvalue weighted by molar-refractivity contribution is 6.42. The summed E-state index contributed by atoms with van der Waals surface area (Å²) < 4.78 is 2.38. The van der Waals surface area contributed by atoms with Gasteiger partial charge < -0.3 is 4.57 Å². The number of imidazole rings is 1. The van der Waals surface area contributed by atoms with Gasteiger partial charge in [0.15, 0.2) is 0 Å². The van der Waals surface area contributed by atoms with Gasteiger partial charge >= 0.3 is 0 Å². The molecule has 5 heteroatoms. The summed E-state index contributed by atoms with van der Waals surface area (Å²) in [6.07, 6.45) is 2.43. The molecule has 2 heterocycles. The number of benzene rings is 2. The molecule has 0 spiro atoms. The molecule has 0 saturated carbocycles. The van der Waals surface area contributed by atoms with Crippen LogP contribution in [0.15, 0.2) is 42.5 Å². The summed E-state index contributed by atoms with van der Waals surface area (Å²) >= 11 is 12.1. The average molecular weight is 388 g/mol. The van der Waals surface area contributed by atoms with E-state index in [0.29, 0.717) is 16.0 Å². The molecule has 26 heavy (non-hydrogen) atoms. The van der Waals surface area contributed by atoms with Gasteiger partial charge in [-0.2, -0.15) is 0 Å². The first-order valence-electron chi connectivity index (χ1n) is 9.18. The second-order valence-corrected chi connectivity index (χ2v) is 8.04. The molecule has 0 radical (unpaired) electrons. The van der Waals surface area contributed by atoms with Crippen molar-refractivity contribution in [2.45, 2.75) is 32.9 Å². The van der Waals surface area contributed by atoms with E-state index in [9.17, 15) is 0 Å². The summed E-state index contributed by atoms with van der Waals surface area (Å²) in [4.78, 5) is 7.20. The quantitative estimate of drug-likeness (QED) is 0.583. The van der Waals surface area contributed by atoms with Gasteiger partial charge in [-0.1, -0.05) is 41.4 Å². The van der Waals surface area contributed by atoms with Crippen LogP contribution < -0.4 is 0 Å². The number of aromatic nitrogens is 2. The first kappa shape index (κ1) is 17.8. The fourth-order valence-corrected chi connectivity index (χ4v) is 4.23. The summed E-state index contributed by atoms with van der Waals surface area (Å²) in [6.45, 7) is 6.36. The zero-order valence-corrected chi connectivity index (χ0v) is 16.5. The third kappa shape index (κ3) is 3.75. The molecular formula is C21H23Cl2N3.